The van der Waals surface area contributed by atoms with Crippen molar-refractivity contribution in [3.63, 3.8) is 0 Å². The third-order valence-corrected chi connectivity index (χ3v) is 4.24. The molecular weight excluding hydrogens is 292 g/mol. The Labute approximate surface area is 124 Å². The number of halogens is 2. The van der Waals surface area contributed by atoms with Crippen molar-refractivity contribution in [3.8, 4) is 0 Å². The average Bonchev–Trinajstić information content (AvgIpc) is 2.84. The van der Waals surface area contributed by atoms with Crippen LogP contribution in [0, 0.1) is 18.6 Å². The van der Waals surface area contributed by atoms with Gasteiger partial charge in [-0.25, -0.2) is 13.8 Å². The van der Waals surface area contributed by atoms with Crippen LogP contribution in [0.5, 0.6) is 0 Å². The average molecular weight is 303 g/mol. The smallest absolute Gasteiger partial charge is 0.172 e. The van der Waals surface area contributed by atoms with E-state index in [-0.39, 0.29) is 17.5 Å². The molecule has 3 rings (SSSR count). The summed E-state index contributed by atoms with van der Waals surface area (Å²) >= 11 is 1.41. The Morgan fingerprint density at radius 1 is 1.19 bits per heavy atom. The number of hydrogen-bond donors (Lipinski definition) is 0. The molecule has 106 valence electrons. The van der Waals surface area contributed by atoms with E-state index in [0.717, 1.165) is 16.3 Å². The molecular formula is C16H11F2NOS. The van der Waals surface area contributed by atoms with Gasteiger partial charge < -0.3 is 0 Å². The number of carbonyl (C=O) groups excluding carboxylic acids is 1. The maximum absolute atomic E-state index is 13.7. The summed E-state index contributed by atoms with van der Waals surface area (Å²) in [5, 5.41) is 0.627. The van der Waals surface area contributed by atoms with Crippen molar-refractivity contribution in [2.75, 3.05) is 0 Å². The maximum atomic E-state index is 13.7. The second-order valence-electron chi connectivity index (χ2n) is 4.76. The number of thiazole rings is 1. The Morgan fingerprint density at radius 3 is 2.71 bits per heavy atom. The van der Waals surface area contributed by atoms with Gasteiger partial charge in [-0.05, 0) is 30.7 Å². The van der Waals surface area contributed by atoms with E-state index in [1.165, 1.54) is 24.3 Å². The van der Waals surface area contributed by atoms with Crippen molar-refractivity contribution in [3.05, 3.63) is 64.2 Å². The van der Waals surface area contributed by atoms with E-state index in [0.29, 0.717) is 5.01 Å². The molecule has 5 heteroatoms. The molecule has 1 heterocycles. The Bertz CT molecular complexity index is 808. The first-order valence-corrected chi connectivity index (χ1v) is 7.19. The van der Waals surface area contributed by atoms with Crippen molar-refractivity contribution in [2.24, 2.45) is 0 Å². The molecule has 0 atom stereocenters. The van der Waals surface area contributed by atoms with Crippen LogP contribution in [0.2, 0.25) is 0 Å². The van der Waals surface area contributed by atoms with Crippen LogP contribution in [-0.4, -0.2) is 10.8 Å². The Hall–Kier alpha value is -2.14. The lowest BCUT2D eigenvalue weighted by Crippen LogP contribution is -2.07. The molecule has 0 radical (unpaired) electrons. The summed E-state index contributed by atoms with van der Waals surface area (Å²) < 4.78 is 27.9. The van der Waals surface area contributed by atoms with Crippen LogP contribution in [0.25, 0.3) is 10.2 Å². The molecule has 0 saturated heterocycles. The molecule has 1 aromatic heterocycles. The van der Waals surface area contributed by atoms with E-state index < -0.39 is 17.4 Å². The SMILES string of the molecule is Cc1cc(C(=O)Cc2nc3ccccc3s2)c(F)cc1F. The molecule has 0 unspecified atom stereocenters. The number of para-hydroxylation sites is 1. The number of hydrogen-bond acceptors (Lipinski definition) is 3. The normalized spacial score (nSPS) is 11.0. The highest BCUT2D eigenvalue weighted by Crippen LogP contribution is 2.23. The van der Waals surface area contributed by atoms with Gasteiger partial charge in [0.25, 0.3) is 0 Å². The first-order chi connectivity index (χ1) is 10.0. The molecule has 0 aliphatic carbocycles. The number of aryl methyl sites for hydroxylation is 1. The monoisotopic (exact) mass is 303 g/mol. The van der Waals surface area contributed by atoms with Crippen LogP contribution in [0.15, 0.2) is 36.4 Å². The summed E-state index contributed by atoms with van der Waals surface area (Å²) in [5.74, 6) is -1.87. The van der Waals surface area contributed by atoms with Gasteiger partial charge in [0.15, 0.2) is 5.78 Å². The van der Waals surface area contributed by atoms with E-state index in [1.54, 1.807) is 0 Å². The standard InChI is InChI=1S/C16H11F2NOS/c1-9-6-10(12(18)7-11(9)17)14(20)8-16-19-13-4-2-3-5-15(13)21-16/h2-7H,8H2,1H3. The third kappa shape index (κ3) is 2.69. The third-order valence-electron chi connectivity index (χ3n) is 3.20. The summed E-state index contributed by atoms with van der Waals surface area (Å²) in [4.78, 5) is 16.5. The molecule has 21 heavy (non-hydrogen) atoms. The Balaban J connectivity index is 1.91. The fourth-order valence-electron chi connectivity index (χ4n) is 2.10. The van der Waals surface area contributed by atoms with Crippen molar-refractivity contribution < 1.29 is 13.6 Å². The van der Waals surface area contributed by atoms with Gasteiger partial charge in [0, 0.05) is 6.07 Å². The summed E-state index contributed by atoms with van der Waals surface area (Å²) in [7, 11) is 0. The van der Waals surface area contributed by atoms with Crippen molar-refractivity contribution >= 4 is 27.3 Å². The molecule has 2 aromatic carbocycles. The minimum absolute atomic E-state index is 0.0152. The molecule has 3 aromatic rings. The maximum Gasteiger partial charge on any atom is 0.172 e. The molecule has 0 amide bonds. The van der Waals surface area contributed by atoms with E-state index in [9.17, 15) is 13.6 Å². The summed E-state index contributed by atoms with van der Waals surface area (Å²) in [5.41, 5.74) is 0.985. The number of benzene rings is 2. The van der Waals surface area contributed by atoms with Crippen molar-refractivity contribution in [2.45, 2.75) is 13.3 Å². The van der Waals surface area contributed by atoms with Gasteiger partial charge in [-0.2, -0.15) is 0 Å². The van der Waals surface area contributed by atoms with Crippen molar-refractivity contribution in [1.82, 2.24) is 4.98 Å². The van der Waals surface area contributed by atoms with Gasteiger partial charge in [0.1, 0.15) is 16.6 Å². The Morgan fingerprint density at radius 2 is 1.95 bits per heavy atom. The first kappa shape index (κ1) is 13.8. The molecule has 0 spiro atoms. The molecule has 0 saturated carbocycles. The number of nitrogens with zero attached hydrogens (tertiary/aromatic N) is 1. The zero-order valence-electron chi connectivity index (χ0n) is 11.2. The minimum atomic E-state index is -0.829. The number of carbonyl (C=O) groups is 1. The van der Waals surface area contributed by atoms with Gasteiger partial charge in [-0.15, -0.1) is 11.3 Å². The highest BCUT2D eigenvalue weighted by Gasteiger charge is 2.16. The fraction of sp³-hybridized carbons (Fsp3) is 0.125. The van der Waals surface area contributed by atoms with Crippen LogP contribution in [0.4, 0.5) is 8.78 Å². The van der Waals surface area contributed by atoms with E-state index in [1.807, 2.05) is 24.3 Å². The minimum Gasteiger partial charge on any atom is -0.294 e. The lowest BCUT2D eigenvalue weighted by atomic mass is 10.0. The Kier molecular flexibility index (Phi) is 3.51. The van der Waals surface area contributed by atoms with E-state index in [2.05, 4.69) is 4.98 Å². The second-order valence-corrected chi connectivity index (χ2v) is 5.87. The largest absolute Gasteiger partial charge is 0.294 e. The van der Waals surface area contributed by atoms with Crippen LogP contribution in [-0.2, 0) is 6.42 Å². The highest BCUT2D eigenvalue weighted by atomic mass is 32.1. The number of Topliss-reactive ketones (excluding diaryl/α,β-unsaturated/α-hetero) is 1. The number of rotatable bonds is 3. The molecule has 0 bridgehead atoms. The predicted molar refractivity (Wildman–Crippen MR) is 78.7 cm³/mol. The van der Waals surface area contributed by atoms with Crippen LogP contribution in [0.1, 0.15) is 20.9 Å². The number of fused-ring (bicyclic) bond motifs is 1. The predicted octanol–water partition coefficient (Wildman–Crippen LogP) is 4.31. The van der Waals surface area contributed by atoms with Crippen LogP contribution in [0.3, 0.4) is 0 Å². The molecule has 2 nitrogen and oxygen atoms in total. The summed E-state index contributed by atoms with van der Waals surface area (Å²) in [6.45, 7) is 1.50. The fourth-order valence-corrected chi connectivity index (χ4v) is 3.07. The van der Waals surface area contributed by atoms with Gasteiger partial charge in [-0.3, -0.25) is 4.79 Å². The van der Waals surface area contributed by atoms with Gasteiger partial charge in [0.2, 0.25) is 0 Å². The number of aromatic nitrogens is 1. The highest BCUT2D eigenvalue weighted by molar-refractivity contribution is 7.18. The summed E-state index contributed by atoms with van der Waals surface area (Å²) in [6.07, 6.45) is 0.0152. The lowest BCUT2D eigenvalue weighted by Gasteiger charge is -2.03. The lowest BCUT2D eigenvalue weighted by molar-refractivity contribution is 0.0989. The first-order valence-electron chi connectivity index (χ1n) is 6.38. The molecule has 0 N–H and O–H groups in total. The van der Waals surface area contributed by atoms with E-state index in [4.69, 9.17) is 0 Å². The zero-order chi connectivity index (χ0) is 15.0. The second kappa shape index (κ2) is 5.33. The molecule has 0 fully saturated rings. The van der Waals surface area contributed by atoms with E-state index >= 15 is 0 Å². The summed E-state index contributed by atoms with van der Waals surface area (Å²) in [6, 6.07) is 9.55. The van der Waals surface area contributed by atoms with Gasteiger partial charge >= 0.3 is 0 Å². The topological polar surface area (TPSA) is 30.0 Å². The van der Waals surface area contributed by atoms with Crippen molar-refractivity contribution in [1.29, 1.82) is 0 Å². The van der Waals surface area contributed by atoms with Crippen LogP contribution < -0.4 is 0 Å². The number of ketones is 1. The quantitative estimate of drug-likeness (QED) is 0.675. The van der Waals surface area contributed by atoms with Gasteiger partial charge in [-0.1, -0.05) is 12.1 Å². The molecule has 0 aliphatic rings. The zero-order valence-corrected chi connectivity index (χ0v) is 12.0. The van der Waals surface area contributed by atoms with Crippen LogP contribution >= 0.6 is 11.3 Å². The molecule has 0 aliphatic heterocycles. The van der Waals surface area contributed by atoms with Gasteiger partial charge in [0.05, 0.1) is 22.2 Å².